The molecule has 0 aromatic rings. The van der Waals surface area contributed by atoms with Gasteiger partial charge < -0.3 is 14.9 Å². The van der Waals surface area contributed by atoms with Gasteiger partial charge in [0.05, 0.1) is 6.61 Å². The Morgan fingerprint density at radius 2 is 2.00 bits per heavy atom. The molecule has 0 radical (unpaired) electrons. The molecule has 4 heteroatoms. The molecule has 4 nitrogen and oxygen atoms in total. The number of amides is 1. The van der Waals surface area contributed by atoms with Gasteiger partial charge in [0.25, 0.3) is 0 Å². The quantitative estimate of drug-likeness (QED) is 0.692. The predicted molar refractivity (Wildman–Crippen MR) is 59.6 cm³/mol. The van der Waals surface area contributed by atoms with E-state index in [2.05, 4.69) is 0 Å². The highest BCUT2D eigenvalue weighted by Gasteiger charge is 2.27. The van der Waals surface area contributed by atoms with Gasteiger partial charge in [-0.15, -0.1) is 0 Å². The van der Waals surface area contributed by atoms with Crippen molar-refractivity contribution in [2.24, 2.45) is 0 Å². The van der Waals surface area contributed by atoms with Gasteiger partial charge in [-0.3, -0.25) is 4.79 Å². The molecular weight excluding hydrogens is 192 g/mol. The lowest BCUT2D eigenvalue weighted by atomic mass is 9.91. The third kappa shape index (κ3) is 3.80. The first kappa shape index (κ1) is 12.5. The molecule has 88 valence electrons. The van der Waals surface area contributed by atoms with Crippen LogP contribution in [-0.4, -0.2) is 60.6 Å². The van der Waals surface area contributed by atoms with Gasteiger partial charge in [-0.05, 0) is 33.4 Å². The number of aliphatic hydroxyl groups is 1. The fourth-order valence-electron chi connectivity index (χ4n) is 1.78. The number of aliphatic hydroxyl groups excluding tert-OH is 1. The normalized spacial score (nSPS) is 16.5. The van der Waals surface area contributed by atoms with Crippen molar-refractivity contribution >= 4 is 5.91 Å². The summed E-state index contributed by atoms with van der Waals surface area (Å²) in [4.78, 5) is 15.7. The van der Waals surface area contributed by atoms with Crippen molar-refractivity contribution in [2.45, 2.75) is 31.7 Å². The van der Waals surface area contributed by atoms with Crippen LogP contribution in [0, 0.1) is 0 Å². The van der Waals surface area contributed by atoms with Gasteiger partial charge in [0.1, 0.15) is 0 Å². The van der Waals surface area contributed by atoms with E-state index in [1.165, 1.54) is 6.42 Å². The SMILES string of the molecule is CN(C)CCC(=O)N(CCO)C1CCC1. The molecule has 1 aliphatic rings. The van der Waals surface area contributed by atoms with Crippen LogP contribution in [-0.2, 0) is 4.79 Å². The zero-order valence-electron chi connectivity index (χ0n) is 9.78. The molecule has 0 bridgehead atoms. The summed E-state index contributed by atoms with van der Waals surface area (Å²) >= 11 is 0. The van der Waals surface area contributed by atoms with Gasteiger partial charge >= 0.3 is 0 Å². The largest absolute Gasteiger partial charge is 0.395 e. The van der Waals surface area contributed by atoms with Crippen LogP contribution in [0.1, 0.15) is 25.7 Å². The maximum Gasteiger partial charge on any atom is 0.224 e. The maximum absolute atomic E-state index is 11.9. The minimum atomic E-state index is 0.0736. The predicted octanol–water partition coefficient (Wildman–Crippen LogP) is 0.311. The van der Waals surface area contributed by atoms with Gasteiger partial charge in [0.15, 0.2) is 0 Å². The second-order valence-corrected chi connectivity index (χ2v) is 4.45. The van der Waals surface area contributed by atoms with Crippen LogP contribution in [0.4, 0.5) is 0 Å². The average Bonchev–Trinajstić information content (AvgIpc) is 2.10. The Morgan fingerprint density at radius 3 is 2.40 bits per heavy atom. The summed E-state index contributed by atoms with van der Waals surface area (Å²) in [5.41, 5.74) is 0. The summed E-state index contributed by atoms with van der Waals surface area (Å²) in [5, 5.41) is 8.93. The van der Waals surface area contributed by atoms with Crippen LogP contribution in [0.2, 0.25) is 0 Å². The van der Waals surface area contributed by atoms with E-state index in [1.54, 1.807) is 0 Å². The van der Waals surface area contributed by atoms with Crippen molar-refractivity contribution in [3.63, 3.8) is 0 Å². The summed E-state index contributed by atoms with van der Waals surface area (Å²) in [6.45, 7) is 1.36. The Morgan fingerprint density at radius 1 is 1.33 bits per heavy atom. The minimum absolute atomic E-state index is 0.0736. The minimum Gasteiger partial charge on any atom is -0.395 e. The molecule has 1 fully saturated rings. The second kappa shape index (κ2) is 6.08. The van der Waals surface area contributed by atoms with Gasteiger partial charge in [-0.1, -0.05) is 0 Å². The highest BCUT2D eigenvalue weighted by molar-refractivity contribution is 5.76. The van der Waals surface area contributed by atoms with Gasteiger partial charge in [0, 0.05) is 25.6 Å². The number of hydrogen-bond donors (Lipinski definition) is 1. The monoisotopic (exact) mass is 214 g/mol. The van der Waals surface area contributed by atoms with Crippen molar-refractivity contribution in [2.75, 3.05) is 33.8 Å². The van der Waals surface area contributed by atoms with Gasteiger partial charge in [-0.2, -0.15) is 0 Å². The Balaban J connectivity index is 2.36. The summed E-state index contributed by atoms with van der Waals surface area (Å²) in [7, 11) is 3.93. The Hall–Kier alpha value is -0.610. The number of carbonyl (C=O) groups excluding carboxylic acids is 1. The Labute approximate surface area is 91.9 Å². The number of carbonyl (C=O) groups is 1. The topological polar surface area (TPSA) is 43.8 Å². The van der Waals surface area contributed by atoms with E-state index in [0.717, 1.165) is 19.4 Å². The van der Waals surface area contributed by atoms with Gasteiger partial charge in [0.2, 0.25) is 5.91 Å². The smallest absolute Gasteiger partial charge is 0.224 e. The van der Waals surface area contributed by atoms with E-state index in [1.807, 2.05) is 23.9 Å². The summed E-state index contributed by atoms with van der Waals surface area (Å²) in [6.07, 6.45) is 3.98. The van der Waals surface area contributed by atoms with E-state index in [4.69, 9.17) is 5.11 Å². The molecule has 0 aromatic heterocycles. The first-order valence-electron chi connectivity index (χ1n) is 5.70. The molecule has 1 N–H and O–H groups in total. The molecule has 0 spiro atoms. The van der Waals surface area contributed by atoms with Crippen LogP contribution < -0.4 is 0 Å². The fraction of sp³-hybridized carbons (Fsp3) is 0.909. The van der Waals surface area contributed by atoms with Crippen LogP contribution in [0.15, 0.2) is 0 Å². The van der Waals surface area contributed by atoms with Crippen LogP contribution in [0.25, 0.3) is 0 Å². The highest BCUT2D eigenvalue weighted by Crippen LogP contribution is 2.24. The molecule has 1 saturated carbocycles. The summed E-state index contributed by atoms with van der Waals surface area (Å²) < 4.78 is 0. The number of rotatable bonds is 6. The average molecular weight is 214 g/mol. The molecule has 0 atom stereocenters. The number of hydrogen-bond acceptors (Lipinski definition) is 3. The first-order valence-corrected chi connectivity index (χ1v) is 5.70. The van der Waals surface area contributed by atoms with E-state index < -0.39 is 0 Å². The molecular formula is C11H22N2O2. The van der Waals surface area contributed by atoms with Crippen LogP contribution in [0.5, 0.6) is 0 Å². The maximum atomic E-state index is 11.9. The molecule has 1 amide bonds. The fourth-order valence-corrected chi connectivity index (χ4v) is 1.78. The third-order valence-corrected chi connectivity index (χ3v) is 2.95. The molecule has 15 heavy (non-hydrogen) atoms. The van der Waals surface area contributed by atoms with Crippen molar-refractivity contribution in [3.8, 4) is 0 Å². The lowest BCUT2D eigenvalue weighted by Gasteiger charge is -2.37. The molecule has 0 saturated heterocycles. The third-order valence-electron chi connectivity index (χ3n) is 2.95. The zero-order valence-corrected chi connectivity index (χ0v) is 9.78. The molecule has 1 rings (SSSR count). The van der Waals surface area contributed by atoms with E-state index in [9.17, 15) is 4.79 Å². The van der Waals surface area contributed by atoms with Crippen LogP contribution >= 0.6 is 0 Å². The molecule has 0 heterocycles. The first-order chi connectivity index (χ1) is 7.15. The Bertz CT molecular complexity index is 203. The van der Waals surface area contributed by atoms with Crippen molar-refractivity contribution in [1.82, 2.24) is 9.80 Å². The highest BCUT2D eigenvalue weighted by atomic mass is 16.3. The lowest BCUT2D eigenvalue weighted by Crippen LogP contribution is -2.46. The number of nitrogens with zero attached hydrogens (tertiary/aromatic N) is 2. The van der Waals surface area contributed by atoms with Crippen molar-refractivity contribution < 1.29 is 9.90 Å². The summed E-state index contributed by atoms with van der Waals surface area (Å²) in [6, 6.07) is 0.395. The summed E-state index contributed by atoms with van der Waals surface area (Å²) in [5.74, 6) is 0.183. The zero-order chi connectivity index (χ0) is 11.3. The Kier molecular flexibility index (Phi) is 5.05. The van der Waals surface area contributed by atoms with Crippen LogP contribution in [0.3, 0.4) is 0 Å². The molecule has 0 aliphatic heterocycles. The van der Waals surface area contributed by atoms with E-state index in [-0.39, 0.29) is 12.5 Å². The van der Waals surface area contributed by atoms with Gasteiger partial charge in [-0.25, -0.2) is 0 Å². The van der Waals surface area contributed by atoms with E-state index in [0.29, 0.717) is 19.0 Å². The lowest BCUT2D eigenvalue weighted by molar-refractivity contribution is -0.136. The molecule has 0 unspecified atom stereocenters. The second-order valence-electron chi connectivity index (χ2n) is 4.45. The van der Waals surface area contributed by atoms with E-state index >= 15 is 0 Å². The standard InChI is InChI=1S/C11H22N2O2/c1-12(2)7-6-11(15)13(8-9-14)10-4-3-5-10/h10,14H,3-9H2,1-2H3. The molecule has 0 aromatic carbocycles. The molecule has 1 aliphatic carbocycles. The van der Waals surface area contributed by atoms with Crippen molar-refractivity contribution in [1.29, 1.82) is 0 Å². The van der Waals surface area contributed by atoms with Crippen molar-refractivity contribution in [3.05, 3.63) is 0 Å².